The summed E-state index contributed by atoms with van der Waals surface area (Å²) < 4.78 is 1.89. The first-order chi connectivity index (χ1) is 8.40. The zero-order valence-corrected chi connectivity index (χ0v) is 12.1. The Hall–Kier alpha value is -1.23. The van der Waals surface area contributed by atoms with Gasteiger partial charge in [0.25, 0.3) is 0 Å². The lowest BCUT2D eigenvalue weighted by Gasteiger charge is -2.32. The van der Waals surface area contributed by atoms with Crippen molar-refractivity contribution in [1.82, 2.24) is 9.78 Å². The van der Waals surface area contributed by atoms with Gasteiger partial charge in [0.1, 0.15) is 5.82 Å². The molecule has 104 valence electrons. The van der Waals surface area contributed by atoms with Crippen LogP contribution in [-0.4, -0.2) is 27.0 Å². The summed E-state index contributed by atoms with van der Waals surface area (Å²) in [5.41, 5.74) is 7.25. The van der Waals surface area contributed by atoms with Crippen LogP contribution in [0.2, 0.25) is 0 Å². The van der Waals surface area contributed by atoms with Crippen LogP contribution in [-0.2, 0) is 0 Å². The van der Waals surface area contributed by atoms with Crippen molar-refractivity contribution < 1.29 is 5.11 Å². The maximum atomic E-state index is 9.63. The number of aliphatic hydroxyl groups excluding tert-OH is 1. The Kier molecular flexibility index (Phi) is 4.62. The van der Waals surface area contributed by atoms with E-state index in [0.29, 0.717) is 5.69 Å². The molecule has 0 aliphatic carbocycles. The van der Waals surface area contributed by atoms with Gasteiger partial charge in [0.15, 0.2) is 0 Å². The van der Waals surface area contributed by atoms with Crippen LogP contribution in [0.1, 0.15) is 52.3 Å². The zero-order chi connectivity index (χ0) is 13.9. The van der Waals surface area contributed by atoms with Crippen molar-refractivity contribution in [2.75, 3.05) is 17.7 Å². The summed E-state index contributed by atoms with van der Waals surface area (Å²) in [6.45, 7) is 10.2. The van der Waals surface area contributed by atoms with Crippen LogP contribution in [0.3, 0.4) is 0 Å². The number of rotatable bonds is 6. The molecule has 0 atom stereocenters. The largest absolute Gasteiger partial charge is 0.394 e. The van der Waals surface area contributed by atoms with E-state index in [2.05, 4.69) is 38.1 Å². The van der Waals surface area contributed by atoms with Gasteiger partial charge in [0, 0.05) is 6.04 Å². The van der Waals surface area contributed by atoms with Crippen molar-refractivity contribution in [3.63, 3.8) is 0 Å². The topological polar surface area (TPSA) is 76.1 Å². The van der Waals surface area contributed by atoms with Gasteiger partial charge < -0.3 is 16.2 Å². The summed E-state index contributed by atoms with van der Waals surface area (Å²) in [5, 5.41) is 17.5. The zero-order valence-electron chi connectivity index (χ0n) is 12.1. The van der Waals surface area contributed by atoms with Crippen LogP contribution in [0.4, 0.5) is 11.5 Å². The van der Waals surface area contributed by atoms with Crippen molar-refractivity contribution in [3.05, 3.63) is 5.69 Å². The van der Waals surface area contributed by atoms with E-state index in [1.807, 2.05) is 11.6 Å². The van der Waals surface area contributed by atoms with Gasteiger partial charge in [-0.25, -0.2) is 4.68 Å². The van der Waals surface area contributed by atoms with Crippen LogP contribution in [0.5, 0.6) is 0 Å². The molecule has 5 heteroatoms. The molecule has 4 N–H and O–H groups in total. The number of hydrogen-bond donors (Lipinski definition) is 3. The van der Waals surface area contributed by atoms with Crippen molar-refractivity contribution in [1.29, 1.82) is 0 Å². The summed E-state index contributed by atoms with van der Waals surface area (Å²) in [4.78, 5) is 0. The number of nitrogens with zero attached hydrogens (tertiary/aromatic N) is 2. The van der Waals surface area contributed by atoms with Gasteiger partial charge in [0.05, 0.1) is 23.5 Å². The Morgan fingerprint density at radius 3 is 2.33 bits per heavy atom. The Bertz CT molecular complexity index is 386. The third-order valence-electron chi connectivity index (χ3n) is 3.66. The second-order valence-electron chi connectivity index (χ2n) is 5.16. The molecule has 0 aromatic carbocycles. The molecule has 0 unspecified atom stereocenters. The second-order valence-corrected chi connectivity index (χ2v) is 5.16. The lowest BCUT2D eigenvalue weighted by atomic mass is 9.94. The van der Waals surface area contributed by atoms with E-state index in [4.69, 9.17) is 5.73 Å². The quantitative estimate of drug-likeness (QED) is 0.728. The van der Waals surface area contributed by atoms with Crippen molar-refractivity contribution in [2.24, 2.45) is 0 Å². The minimum atomic E-state index is -0.326. The first kappa shape index (κ1) is 14.8. The summed E-state index contributed by atoms with van der Waals surface area (Å²) >= 11 is 0. The molecule has 0 fully saturated rings. The molecule has 1 heterocycles. The third-order valence-corrected chi connectivity index (χ3v) is 3.66. The minimum Gasteiger partial charge on any atom is -0.394 e. The molecule has 1 aromatic rings. The maximum Gasteiger partial charge on any atom is 0.148 e. The molecule has 0 amide bonds. The molecule has 0 spiro atoms. The Labute approximate surface area is 109 Å². The summed E-state index contributed by atoms with van der Waals surface area (Å²) in [5.74, 6) is 0.820. The molecular formula is C13H26N4O. The van der Waals surface area contributed by atoms with E-state index in [1.165, 1.54) is 0 Å². The summed E-state index contributed by atoms with van der Waals surface area (Å²) in [6, 6.07) is 0.230. The van der Waals surface area contributed by atoms with Crippen LogP contribution in [0, 0.1) is 6.92 Å². The van der Waals surface area contributed by atoms with Gasteiger partial charge in [-0.3, -0.25) is 0 Å². The molecule has 0 bridgehead atoms. The van der Waals surface area contributed by atoms with Gasteiger partial charge in [-0.2, -0.15) is 5.10 Å². The molecule has 0 aliphatic rings. The van der Waals surface area contributed by atoms with Crippen LogP contribution in [0.15, 0.2) is 0 Å². The Morgan fingerprint density at radius 1 is 1.39 bits per heavy atom. The van der Waals surface area contributed by atoms with Crippen LogP contribution >= 0.6 is 0 Å². The molecule has 0 saturated carbocycles. The molecule has 0 saturated heterocycles. The van der Waals surface area contributed by atoms with Crippen molar-refractivity contribution in [3.8, 4) is 0 Å². The van der Waals surface area contributed by atoms with E-state index < -0.39 is 0 Å². The van der Waals surface area contributed by atoms with E-state index in [9.17, 15) is 5.11 Å². The van der Waals surface area contributed by atoms with E-state index >= 15 is 0 Å². The average molecular weight is 254 g/mol. The summed E-state index contributed by atoms with van der Waals surface area (Å²) in [6.07, 6.45) is 1.67. The number of anilines is 2. The molecule has 1 rings (SSSR count). The van der Waals surface area contributed by atoms with E-state index in [0.717, 1.165) is 24.4 Å². The number of nitrogens with one attached hydrogen (secondary N) is 1. The van der Waals surface area contributed by atoms with E-state index in [1.54, 1.807) is 0 Å². The molecular weight excluding hydrogens is 228 g/mol. The highest BCUT2D eigenvalue weighted by molar-refractivity contribution is 5.66. The molecule has 18 heavy (non-hydrogen) atoms. The molecule has 0 aliphatic heterocycles. The first-order valence-corrected chi connectivity index (χ1v) is 6.64. The fourth-order valence-electron chi connectivity index (χ4n) is 2.00. The van der Waals surface area contributed by atoms with Gasteiger partial charge >= 0.3 is 0 Å². The van der Waals surface area contributed by atoms with Gasteiger partial charge in [-0.15, -0.1) is 0 Å². The van der Waals surface area contributed by atoms with Crippen molar-refractivity contribution in [2.45, 2.75) is 59.0 Å². The normalized spacial score (nSPS) is 12.2. The summed E-state index contributed by atoms with van der Waals surface area (Å²) in [7, 11) is 0. The highest BCUT2D eigenvalue weighted by Gasteiger charge is 2.28. The third kappa shape index (κ3) is 2.61. The number of aromatic nitrogens is 2. The smallest absolute Gasteiger partial charge is 0.148 e. The van der Waals surface area contributed by atoms with Crippen LogP contribution < -0.4 is 11.1 Å². The maximum absolute atomic E-state index is 9.63. The van der Waals surface area contributed by atoms with Gasteiger partial charge in [-0.05, 0) is 33.6 Å². The fraction of sp³-hybridized carbons (Fsp3) is 0.769. The average Bonchev–Trinajstić information content (AvgIpc) is 2.64. The standard InChI is InChI=1S/C13H26N4O/c1-6-13(7-2,8-18)15-12-11(14)10(5)16-17(12)9(3)4/h9,15,18H,6-8,14H2,1-5H3. The van der Waals surface area contributed by atoms with Gasteiger partial charge in [-0.1, -0.05) is 13.8 Å². The van der Waals surface area contributed by atoms with Crippen LogP contribution in [0.25, 0.3) is 0 Å². The number of nitrogens with two attached hydrogens (primary N) is 1. The van der Waals surface area contributed by atoms with Crippen molar-refractivity contribution >= 4 is 11.5 Å². The lowest BCUT2D eigenvalue weighted by molar-refractivity contribution is 0.201. The second kappa shape index (κ2) is 5.61. The fourth-order valence-corrected chi connectivity index (χ4v) is 2.00. The molecule has 5 nitrogen and oxygen atoms in total. The SMILES string of the molecule is CCC(CC)(CO)Nc1c(N)c(C)nn1C(C)C. The predicted molar refractivity (Wildman–Crippen MR) is 75.8 cm³/mol. The monoisotopic (exact) mass is 254 g/mol. The highest BCUT2D eigenvalue weighted by atomic mass is 16.3. The number of nitrogen functional groups attached to an aromatic ring is 1. The van der Waals surface area contributed by atoms with E-state index in [-0.39, 0.29) is 18.2 Å². The Morgan fingerprint density at radius 2 is 1.94 bits per heavy atom. The first-order valence-electron chi connectivity index (χ1n) is 6.64. The minimum absolute atomic E-state index is 0.0851. The molecule has 1 aromatic heterocycles. The number of aliphatic hydroxyl groups is 1. The lowest BCUT2D eigenvalue weighted by Crippen LogP contribution is -2.41. The number of hydrogen-bond acceptors (Lipinski definition) is 4. The highest BCUT2D eigenvalue weighted by Crippen LogP contribution is 2.30. The molecule has 0 radical (unpaired) electrons. The predicted octanol–water partition coefficient (Wildman–Crippen LogP) is 2.32. The van der Waals surface area contributed by atoms with Gasteiger partial charge in [0.2, 0.25) is 0 Å². The Balaban J connectivity index is 3.16. The number of aryl methyl sites for hydroxylation is 1.